The minimum absolute atomic E-state index is 0.0774. The Kier molecular flexibility index (Phi) is 6.11. The molecule has 0 spiro atoms. The fraction of sp³-hybridized carbons (Fsp3) is 0.476. The predicted octanol–water partition coefficient (Wildman–Crippen LogP) is 2.67. The number of halogens is 1. The molecule has 0 bridgehead atoms. The molecule has 0 saturated carbocycles. The number of nitrogens with two attached hydrogens (primary N) is 1. The normalized spacial score (nSPS) is 17.0. The first-order valence-corrected chi connectivity index (χ1v) is 9.72. The van der Waals surface area contributed by atoms with Gasteiger partial charge in [0.2, 0.25) is 11.8 Å². The standard InChI is InChI=1S/C21H27FN4O2/c1-14-19(15(2)26(24-14)18-8-6-17(22)7-9-18)12-21(28)25-11-3-4-16(13-25)5-10-20(23)27/h6-9,16H,3-5,10-13H2,1-2H3,(H2,23,27). The first kappa shape index (κ1) is 20.0. The molecular weight excluding hydrogens is 359 g/mol. The topological polar surface area (TPSA) is 81.2 Å². The van der Waals surface area contributed by atoms with Crippen molar-refractivity contribution in [3.05, 3.63) is 47.0 Å². The van der Waals surface area contributed by atoms with E-state index in [1.807, 2.05) is 18.7 Å². The summed E-state index contributed by atoms with van der Waals surface area (Å²) < 4.78 is 14.9. The molecule has 2 aromatic rings. The number of hydrogen-bond donors (Lipinski definition) is 1. The van der Waals surface area contributed by atoms with Gasteiger partial charge >= 0.3 is 0 Å². The van der Waals surface area contributed by atoms with Crippen molar-refractivity contribution in [1.82, 2.24) is 14.7 Å². The zero-order chi connectivity index (χ0) is 20.3. The van der Waals surface area contributed by atoms with E-state index in [-0.39, 0.29) is 17.6 Å². The highest BCUT2D eigenvalue weighted by molar-refractivity contribution is 5.79. The molecule has 2 amide bonds. The van der Waals surface area contributed by atoms with Crippen molar-refractivity contribution in [2.24, 2.45) is 11.7 Å². The fourth-order valence-electron chi connectivity index (χ4n) is 3.90. The lowest BCUT2D eigenvalue weighted by Crippen LogP contribution is -2.41. The zero-order valence-corrected chi connectivity index (χ0v) is 16.4. The van der Waals surface area contributed by atoms with Crippen molar-refractivity contribution in [2.45, 2.75) is 46.0 Å². The van der Waals surface area contributed by atoms with Crippen LogP contribution in [0.5, 0.6) is 0 Å². The van der Waals surface area contributed by atoms with Crippen LogP contribution in [-0.2, 0) is 16.0 Å². The van der Waals surface area contributed by atoms with E-state index in [1.54, 1.807) is 16.8 Å². The van der Waals surface area contributed by atoms with Crippen molar-refractivity contribution in [2.75, 3.05) is 13.1 Å². The molecular formula is C21H27FN4O2. The lowest BCUT2D eigenvalue weighted by Gasteiger charge is -2.32. The molecule has 6 nitrogen and oxygen atoms in total. The van der Waals surface area contributed by atoms with E-state index in [2.05, 4.69) is 5.10 Å². The van der Waals surface area contributed by atoms with Crippen molar-refractivity contribution < 1.29 is 14.0 Å². The van der Waals surface area contributed by atoms with Gasteiger partial charge in [0.15, 0.2) is 0 Å². The van der Waals surface area contributed by atoms with Gasteiger partial charge in [-0.05, 0) is 63.3 Å². The van der Waals surface area contributed by atoms with E-state index in [0.717, 1.165) is 48.4 Å². The van der Waals surface area contributed by atoms with Gasteiger partial charge in [-0.3, -0.25) is 9.59 Å². The maximum Gasteiger partial charge on any atom is 0.227 e. The molecule has 1 aliphatic rings. The van der Waals surface area contributed by atoms with Gasteiger partial charge in [-0.2, -0.15) is 5.10 Å². The van der Waals surface area contributed by atoms with Crippen LogP contribution in [0.2, 0.25) is 0 Å². The number of piperidine rings is 1. The Hall–Kier alpha value is -2.70. The van der Waals surface area contributed by atoms with E-state index in [9.17, 15) is 14.0 Å². The maximum atomic E-state index is 13.2. The number of rotatable bonds is 6. The molecule has 1 fully saturated rings. The van der Waals surface area contributed by atoms with Gasteiger partial charge in [0.05, 0.1) is 17.8 Å². The molecule has 7 heteroatoms. The third-order valence-corrected chi connectivity index (χ3v) is 5.51. The van der Waals surface area contributed by atoms with Gasteiger partial charge in [0, 0.05) is 30.8 Å². The monoisotopic (exact) mass is 386 g/mol. The van der Waals surface area contributed by atoms with Crippen LogP contribution in [0.4, 0.5) is 4.39 Å². The molecule has 0 radical (unpaired) electrons. The van der Waals surface area contributed by atoms with Crippen molar-refractivity contribution in [1.29, 1.82) is 0 Å². The van der Waals surface area contributed by atoms with Gasteiger partial charge in [0.25, 0.3) is 0 Å². The summed E-state index contributed by atoms with van der Waals surface area (Å²) in [5, 5.41) is 4.54. The minimum Gasteiger partial charge on any atom is -0.370 e. The fourth-order valence-corrected chi connectivity index (χ4v) is 3.90. The SMILES string of the molecule is Cc1nn(-c2ccc(F)cc2)c(C)c1CC(=O)N1CCCC(CCC(N)=O)C1. The van der Waals surface area contributed by atoms with E-state index in [1.165, 1.54) is 12.1 Å². The number of aromatic nitrogens is 2. The third-order valence-electron chi connectivity index (χ3n) is 5.51. The van der Waals surface area contributed by atoms with Crippen LogP contribution in [-0.4, -0.2) is 39.6 Å². The number of hydrogen-bond acceptors (Lipinski definition) is 3. The lowest BCUT2D eigenvalue weighted by atomic mass is 9.93. The summed E-state index contributed by atoms with van der Waals surface area (Å²) in [7, 11) is 0. The van der Waals surface area contributed by atoms with Crippen molar-refractivity contribution in [3.63, 3.8) is 0 Å². The Morgan fingerprint density at radius 1 is 1.25 bits per heavy atom. The smallest absolute Gasteiger partial charge is 0.227 e. The molecule has 1 aromatic heterocycles. The molecule has 1 saturated heterocycles. The quantitative estimate of drug-likeness (QED) is 0.829. The number of likely N-dealkylation sites (tertiary alicyclic amines) is 1. The molecule has 2 N–H and O–H groups in total. The average molecular weight is 386 g/mol. The number of primary amides is 1. The first-order chi connectivity index (χ1) is 13.3. The van der Waals surface area contributed by atoms with Gasteiger partial charge < -0.3 is 10.6 Å². The van der Waals surface area contributed by atoms with Crippen LogP contribution >= 0.6 is 0 Å². The van der Waals surface area contributed by atoms with Crippen LogP contribution in [0.1, 0.15) is 42.6 Å². The Morgan fingerprint density at radius 2 is 1.96 bits per heavy atom. The van der Waals surface area contributed by atoms with Gasteiger partial charge in [0.1, 0.15) is 5.82 Å². The number of nitrogens with zero attached hydrogens (tertiary/aromatic N) is 3. The summed E-state index contributed by atoms with van der Waals surface area (Å²) in [6.07, 6.45) is 3.37. The Morgan fingerprint density at radius 3 is 2.64 bits per heavy atom. The molecule has 1 aliphatic heterocycles. The molecule has 1 aromatic carbocycles. The molecule has 150 valence electrons. The van der Waals surface area contributed by atoms with Crippen LogP contribution < -0.4 is 5.73 Å². The van der Waals surface area contributed by atoms with E-state index in [0.29, 0.717) is 25.3 Å². The summed E-state index contributed by atoms with van der Waals surface area (Å²) in [5.74, 6) is -0.178. The second kappa shape index (κ2) is 8.54. The number of amides is 2. The molecule has 28 heavy (non-hydrogen) atoms. The highest BCUT2D eigenvalue weighted by Crippen LogP contribution is 2.23. The average Bonchev–Trinajstić information content (AvgIpc) is 2.95. The van der Waals surface area contributed by atoms with E-state index >= 15 is 0 Å². The predicted molar refractivity (Wildman–Crippen MR) is 104 cm³/mol. The summed E-state index contributed by atoms with van der Waals surface area (Å²) in [6.45, 7) is 5.24. The van der Waals surface area contributed by atoms with Crippen LogP contribution in [0.3, 0.4) is 0 Å². The van der Waals surface area contributed by atoms with E-state index < -0.39 is 0 Å². The van der Waals surface area contributed by atoms with Crippen LogP contribution in [0.25, 0.3) is 5.69 Å². The minimum atomic E-state index is -0.295. The zero-order valence-electron chi connectivity index (χ0n) is 16.4. The number of benzene rings is 1. The number of aryl methyl sites for hydroxylation is 1. The van der Waals surface area contributed by atoms with Gasteiger partial charge in [-0.15, -0.1) is 0 Å². The first-order valence-electron chi connectivity index (χ1n) is 9.72. The van der Waals surface area contributed by atoms with Crippen molar-refractivity contribution in [3.8, 4) is 5.69 Å². The maximum absolute atomic E-state index is 13.2. The summed E-state index contributed by atoms with van der Waals surface area (Å²) in [4.78, 5) is 25.8. The molecule has 1 atom stereocenters. The summed E-state index contributed by atoms with van der Waals surface area (Å²) in [6, 6.07) is 6.15. The highest BCUT2D eigenvalue weighted by atomic mass is 19.1. The Balaban J connectivity index is 1.70. The van der Waals surface area contributed by atoms with Gasteiger partial charge in [-0.1, -0.05) is 0 Å². The highest BCUT2D eigenvalue weighted by Gasteiger charge is 2.25. The second-order valence-electron chi connectivity index (χ2n) is 7.57. The van der Waals surface area contributed by atoms with E-state index in [4.69, 9.17) is 5.73 Å². The molecule has 2 heterocycles. The Bertz CT molecular complexity index is 860. The Labute approximate surface area is 164 Å². The second-order valence-corrected chi connectivity index (χ2v) is 7.57. The van der Waals surface area contributed by atoms with Gasteiger partial charge in [-0.25, -0.2) is 9.07 Å². The van der Waals surface area contributed by atoms with Crippen LogP contribution in [0.15, 0.2) is 24.3 Å². The number of carbonyl (C=O) groups is 2. The molecule has 0 aliphatic carbocycles. The summed E-state index contributed by atoms with van der Waals surface area (Å²) >= 11 is 0. The molecule has 3 rings (SSSR count). The summed E-state index contributed by atoms with van der Waals surface area (Å²) in [5.41, 5.74) is 8.62. The number of carbonyl (C=O) groups excluding carboxylic acids is 2. The molecule has 1 unspecified atom stereocenters. The van der Waals surface area contributed by atoms with Crippen LogP contribution in [0, 0.1) is 25.6 Å². The largest absolute Gasteiger partial charge is 0.370 e. The lowest BCUT2D eigenvalue weighted by molar-refractivity contribution is -0.132. The van der Waals surface area contributed by atoms with Crippen molar-refractivity contribution >= 4 is 11.8 Å². The third kappa shape index (κ3) is 4.58.